The number of morpholine rings is 1. The normalized spacial score (nSPS) is 18.7. The van der Waals surface area contributed by atoms with Crippen molar-refractivity contribution < 1.29 is 9.47 Å². The summed E-state index contributed by atoms with van der Waals surface area (Å²) in [5.41, 5.74) is 1.34. The largest absolute Gasteiger partial charge is 0.379 e. The molecule has 1 aliphatic rings. The van der Waals surface area contributed by atoms with Gasteiger partial charge in [-0.05, 0) is 18.9 Å². The van der Waals surface area contributed by atoms with Crippen LogP contribution < -0.4 is 0 Å². The molecule has 0 N–H and O–H groups in total. The van der Waals surface area contributed by atoms with E-state index in [1.165, 1.54) is 5.56 Å². The van der Waals surface area contributed by atoms with E-state index in [1.807, 2.05) is 6.07 Å². The molecule has 1 aromatic rings. The molecule has 0 saturated carbocycles. The van der Waals surface area contributed by atoms with E-state index < -0.39 is 0 Å². The summed E-state index contributed by atoms with van der Waals surface area (Å²) < 4.78 is 11.2. The molecular weight excluding hydrogens is 226 g/mol. The molecule has 2 rings (SSSR count). The van der Waals surface area contributed by atoms with E-state index in [4.69, 9.17) is 9.47 Å². The highest BCUT2D eigenvalue weighted by atomic mass is 16.5. The molecule has 1 unspecified atom stereocenters. The highest BCUT2D eigenvalue weighted by Gasteiger charge is 2.13. The zero-order valence-corrected chi connectivity index (χ0v) is 11.2. The van der Waals surface area contributed by atoms with Crippen LogP contribution in [0.4, 0.5) is 0 Å². The van der Waals surface area contributed by atoms with Gasteiger partial charge < -0.3 is 9.47 Å². The van der Waals surface area contributed by atoms with E-state index in [2.05, 4.69) is 36.1 Å². The van der Waals surface area contributed by atoms with Crippen LogP contribution in [0.5, 0.6) is 0 Å². The molecule has 0 spiro atoms. The minimum atomic E-state index is 0.298. The molecule has 0 aliphatic carbocycles. The van der Waals surface area contributed by atoms with Crippen molar-refractivity contribution in [2.75, 3.05) is 39.5 Å². The molecule has 1 aliphatic heterocycles. The van der Waals surface area contributed by atoms with Crippen LogP contribution in [-0.2, 0) is 15.9 Å². The van der Waals surface area contributed by atoms with Crippen molar-refractivity contribution in [1.29, 1.82) is 0 Å². The van der Waals surface area contributed by atoms with Gasteiger partial charge in [0.15, 0.2) is 0 Å². The number of nitrogens with zero attached hydrogens (tertiary/aromatic N) is 1. The predicted molar refractivity (Wildman–Crippen MR) is 72.8 cm³/mol. The van der Waals surface area contributed by atoms with Crippen LogP contribution >= 0.6 is 0 Å². The molecule has 0 bridgehead atoms. The summed E-state index contributed by atoms with van der Waals surface area (Å²) in [5.74, 6) is 0. The van der Waals surface area contributed by atoms with Gasteiger partial charge in [0, 0.05) is 19.6 Å². The Balaban J connectivity index is 1.61. The third-order valence-corrected chi connectivity index (χ3v) is 3.25. The summed E-state index contributed by atoms with van der Waals surface area (Å²) in [4.78, 5) is 2.41. The Bertz CT molecular complexity index is 323. The SMILES string of the molecule is CC(CN1CCOCC1)OCCc1ccccc1. The Hall–Kier alpha value is -0.900. The fourth-order valence-corrected chi connectivity index (χ4v) is 2.22. The minimum absolute atomic E-state index is 0.298. The van der Waals surface area contributed by atoms with Crippen LogP contribution in [0.25, 0.3) is 0 Å². The van der Waals surface area contributed by atoms with Gasteiger partial charge in [-0.1, -0.05) is 30.3 Å². The Morgan fingerprint density at radius 2 is 1.94 bits per heavy atom. The highest BCUT2D eigenvalue weighted by molar-refractivity contribution is 5.14. The molecule has 18 heavy (non-hydrogen) atoms. The molecule has 1 heterocycles. The third-order valence-electron chi connectivity index (χ3n) is 3.25. The number of hydrogen-bond donors (Lipinski definition) is 0. The predicted octanol–water partition coefficient (Wildman–Crippen LogP) is 1.97. The summed E-state index contributed by atoms with van der Waals surface area (Å²) in [7, 11) is 0. The van der Waals surface area contributed by atoms with Crippen LogP contribution in [0, 0.1) is 0 Å². The van der Waals surface area contributed by atoms with Crippen molar-refractivity contribution in [2.24, 2.45) is 0 Å². The van der Waals surface area contributed by atoms with Crippen LogP contribution in [0.15, 0.2) is 30.3 Å². The maximum absolute atomic E-state index is 5.87. The molecule has 1 saturated heterocycles. The molecule has 100 valence electrons. The van der Waals surface area contributed by atoms with E-state index >= 15 is 0 Å². The fraction of sp³-hybridized carbons (Fsp3) is 0.600. The molecule has 3 nitrogen and oxygen atoms in total. The van der Waals surface area contributed by atoms with Crippen LogP contribution in [0.1, 0.15) is 12.5 Å². The standard InChI is InChI=1S/C15H23NO2/c1-14(13-16-8-11-17-12-9-16)18-10-7-15-5-3-2-4-6-15/h2-6,14H,7-13H2,1H3. The van der Waals surface area contributed by atoms with E-state index in [-0.39, 0.29) is 0 Å². The lowest BCUT2D eigenvalue weighted by atomic mass is 10.2. The second-order valence-electron chi connectivity index (χ2n) is 4.83. The Labute approximate surface area is 110 Å². The van der Waals surface area contributed by atoms with Crippen molar-refractivity contribution in [3.63, 3.8) is 0 Å². The van der Waals surface area contributed by atoms with Crippen LogP contribution in [-0.4, -0.2) is 50.5 Å². The monoisotopic (exact) mass is 249 g/mol. The zero-order chi connectivity index (χ0) is 12.6. The van der Waals surface area contributed by atoms with Gasteiger partial charge in [0.1, 0.15) is 0 Å². The topological polar surface area (TPSA) is 21.7 Å². The summed E-state index contributed by atoms with van der Waals surface area (Å²) in [6.45, 7) is 7.75. The first-order chi connectivity index (χ1) is 8.84. The maximum Gasteiger partial charge on any atom is 0.0674 e. The van der Waals surface area contributed by atoms with E-state index in [1.54, 1.807) is 0 Å². The average Bonchev–Trinajstić information content (AvgIpc) is 2.41. The first-order valence-corrected chi connectivity index (χ1v) is 6.80. The summed E-state index contributed by atoms with van der Waals surface area (Å²) >= 11 is 0. The van der Waals surface area contributed by atoms with Crippen LogP contribution in [0.2, 0.25) is 0 Å². The molecule has 0 amide bonds. The molecule has 3 heteroatoms. The van der Waals surface area contributed by atoms with Crippen molar-refractivity contribution >= 4 is 0 Å². The van der Waals surface area contributed by atoms with Gasteiger partial charge in [-0.25, -0.2) is 0 Å². The smallest absolute Gasteiger partial charge is 0.0674 e. The fourth-order valence-electron chi connectivity index (χ4n) is 2.22. The van der Waals surface area contributed by atoms with Crippen LogP contribution in [0.3, 0.4) is 0 Å². The summed E-state index contributed by atoms with van der Waals surface area (Å²) in [6, 6.07) is 10.5. The summed E-state index contributed by atoms with van der Waals surface area (Å²) in [6.07, 6.45) is 1.29. The Kier molecular flexibility index (Phi) is 5.65. The number of ether oxygens (including phenoxy) is 2. The van der Waals surface area contributed by atoms with Gasteiger partial charge in [-0.2, -0.15) is 0 Å². The van der Waals surface area contributed by atoms with E-state index in [9.17, 15) is 0 Å². The van der Waals surface area contributed by atoms with Gasteiger partial charge in [-0.15, -0.1) is 0 Å². The minimum Gasteiger partial charge on any atom is -0.379 e. The number of hydrogen-bond acceptors (Lipinski definition) is 3. The molecular formula is C15H23NO2. The molecule has 0 radical (unpaired) electrons. The van der Waals surface area contributed by atoms with E-state index in [0.29, 0.717) is 6.10 Å². The van der Waals surface area contributed by atoms with Gasteiger partial charge in [0.2, 0.25) is 0 Å². The van der Waals surface area contributed by atoms with Crippen molar-refractivity contribution in [1.82, 2.24) is 4.90 Å². The number of benzene rings is 1. The molecule has 1 atom stereocenters. The lowest BCUT2D eigenvalue weighted by Gasteiger charge is -2.29. The lowest BCUT2D eigenvalue weighted by Crippen LogP contribution is -2.41. The maximum atomic E-state index is 5.87. The lowest BCUT2D eigenvalue weighted by molar-refractivity contribution is -0.00486. The average molecular weight is 249 g/mol. The highest BCUT2D eigenvalue weighted by Crippen LogP contribution is 2.04. The molecule has 0 aromatic heterocycles. The first-order valence-electron chi connectivity index (χ1n) is 6.80. The quantitative estimate of drug-likeness (QED) is 0.769. The van der Waals surface area contributed by atoms with Gasteiger partial charge >= 0.3 is 0 Å². The van der Waals surface area contributed by atoms with E-state index in [0.717, 1.165) is 45.9 Å². The second kappa shape index (κ2) is 7.52. The Morgan fingerprint density at radius 1 is 1.22 bits per heavy atom. The molecule has 1 aromatic carbocycles. The van der Waals surface area contributed by atoms with Crippen molar-refractivity contribution in [3.05, 3.63) is 35.9 Å². The second-order valence-corrected chi connectivity index (χ2v) is 4.83. The zero-order valence-electron chi connectivity index (χ0n) is 11.2. The third kappa shape index (κ3) is 4.77. The first kappa shape index (κ1) is 13.5. The van der Waals surface area contributed by atoms with Gasteiger partial charge in [0.05, 0.1) is 25.9 Å². The molecule has 1 fully saturated rings. The van der Waals surface area contributed by atoms with Gasteiger partial charge in [-0.3, -0.25) is 4.90 Å². The van der Waals surface area contributed by atoms with Crippen molar-refractivity contribution in [3.8, 4) is 0 Å². The number of rotatable bonds is 6. The van der Waals surface area contributed by atoms with Gasteiger partial charge in [0.25, 0.3) is 0 Å². The van der Waals surface area contributed by atoms with Crippen molar-refractivity contribution in [2.45, 2.75) is 19.4 Å². The summed E-state index contributed by atoms with van der Waals surface area (Å²) in [5, 5.41) is 0. The Morgan fingerprint density at radius 3 is 2.67 bits per heavy atom.